The number of morpholine rings is 1. The molecule has 0 aromatic carbocycles. The van der Waals surface area contributed by atoms with Crippen molar-refractivity contribution in [2.45, 2.75) is 44.8 Å². The van der Waals surface area contributed by atoms with Crippen molar-refractivity contribution < 1.29 is 18.7 Å². The van der Waals surface area contributed by atoms with Crippen LogP contribution in [0, 0.1) is 6.92 Å². The lowest BCUT2D eigenvalue weighted by molar-refractivity contribution is -0.147. The van der Waals surface area contributed by atoms with E-state index in [0.717, 1.165) is 24.4 Å². The molecule has 1 aliphatic carbocycles. The topological polar surface area (TPSA) is 51.9 Å². The Morgan fingerprint density at radius 1 is 1.38 bits per heavy atom. The highest BCUT2D eigenvalue weighted by Crippen LogP contribution is 2.26. The Kier molecular flexibility index (Phi) is 4.60. The van der Waals surface area contributed by atoms with E-state index in [1.165, 1.54) is 12.8 Å². The first kappa shape index (κ1) is 14.6. The molecule has 1 saturated heterocycles. The Morgan fingerprint density at radius 3 is 2.90 bits per heavy atom. The average Bonchev–Trinajstić information content (AvgIpc) is 3.16. The number of nitrogens with zero attached hydrogens (tertiary/aromatic N) is 1. The Labute approximate surface area is 125 Å². The summed E-state index contributed by atoms with van der Waals surface area (Å²) in [6, 6.07) is 3.71. The maximum absolute atomic E-state index is 12.4. The van der Waals surface area contributed by atoms with Crippen molar-refractivity contribution >= 4 is 5.91 Å². The molecular weight excluding hydrogens is 270 g/mol. The third kappa shape index (κ3) is 3.47. The number of ether oxygens (including phenoxy) is 2. The van der Waals surface area contributed by atoms with E-state index in [1.54, 1.807) is 0 Å². The van der Waals surface area contributed by atoms with Crippen LogP contribution in [0.4, 0.5) is 0 Å². The van der Waals surface area contributed by atoms with Crippen LogP contribution in [0.3, 0.4) is 0 Å². The van der Waals surface area contributed by atoms with E-state index >= 15 is 0 Å². The van der Waals surface area contributed by atoms with Gasteiger partial charge < -0.3 is 18.8 Å². The summed E-state index contributed by atoms with van der Waals surface area (Å²) in [5.41, 5.74) is 0. The molecule has 1 aromatic rings. The highest BCUT2D eigenvalue weighted by Gasteiger charge is 2.31. The molecule has 1 saturated carbocycles. The van der Waals surface area contributed by atoms with Crippen molar-refractivity contribution in [1.82, 2.24) is 4.90 Å². The van der Waals surface area contributed by atoms with Gasteiger partial charge in [0.2, 0.25) is 5.91 Å². The summed E-state index contributed by atoms with van der Waals surface area (Å²) in [6.07, 6.45) is 4.85. The number of hydrogen-bond donors (Lipinski definition) is 0. The van der Waals surface area contributed by atoms with Crippen LogP contribution in [0.15, 0.2) is 16.5 Å². The molecule has 0 N–H and O–H groups in total. The molecule has 1 atom stereocenters. The Balaban J connectivity index is 1.61. The van der Waals surface area contributed by atoms with Crippen molar-refractivity contribution in [3.05, 3.63) is 23.7 Å². The summed E-state index contributed by atoms with van der Waals surface area (Å²) in [5, 5.41) is 0. The van der Waals surface area contributed by atoms with Gasteiger partial charge in [0.15, 0.2) is 0 Å². The minimum absolute atomic E-state index is 0.0317. The maximum Gasteiger partial charge on any atom is 0.249 e. The molecular formula is C16H23NO4. The smallest absolute Gasteiger partial charge is 0.249 e. The first-order chi connectivity index (χ1) is 10.2. The highest BCUT2D eigenvalue weighted by atomic mass is 16.5. The van der Waals surface area contributed by atoms with Crippen LogP contribution in [0.1, 0.15) is 43.2 Å². The number of aryl methyl sites for hydroxylation is 1. The van der Waals surface area contributed by atoms with Gasteiger partial charge in [0.1, 0.15) is 24.2 Å². The van der Waals surface area contributed by atoms with E-state index in [0.29, 0.717) is 19.8 Å². The SMILES string of the molecule is Cc1ccc([C@@H]2COCCN2C(=O)COC2CCCC2)o1. The molecule has 5 nitrogen and oxygen atoms in total. The molecule has 0 radical (unpaired) electrons. The molecule has 1 aliphatic heterocycles. The number of carbonyl (C=O) groups excluding carboxylic acids is 1. The molecule has 1 aromatic heterocycles. The highest BCUT2D eigenvalue weighted by molar-refractivity contribution is 5.78. The van der Waals surface area contributed by atoms with Crippen LogP contribution < -0.4 is 0 Å². The van der Waals surface area contributed by atoms with Gasteiger partial charge in [0, 0.05) is 6.54 Å². The maximum atomic E-state index is 12.4. The molecule has 2 fully saturated rings. The second-order valence-corrected chi connectivity index (χ2v) is 5.84. The normalized spacial score (nSPS) is 23.7. The fourth-order valence-electron chi connectivity index (χ4n) is 3.10. The minimum Gasteiger partial charge on any atom is -0.464 e. The molecule has 21 heavy (non-hydrogen) atoms. The standard InChI is InChI=1S/C16H23NO4/c1-12-6-7-15(21-12)14-10-19-9-8-17(14)16(18)11-20-13-4-2-3-5-13/h6-7,13-14H,2-5,8-11H2,1H3/t14-/m0/s1. The quantitative estimate of drug-likeness (QED) is 0.855. The molecule has 0 bridgehead atoms. The van der Waals surface area contributed by atoms with Gasteiger partial charge in [0.05, 0.1) is 19.3 Å². The van der Waals surface area contributed by atoms with Gasteiger partial charge in [0.25, 0.3) is 0 Å². The molecule has 116 valence electrons. The predicted octanol–water partition coefficient (Wildman–Crippen LogP) is 2.45. The van der Waals surface area contributed by atoms with Crippen molar-refractivity contribution in [2.24, 2.45) is 0 Å². The minimum atomic E-state index is -0.132. The van der Waals surface area contributed by atoms with Gasteiger partial charge in [-0.25, -0.2) is 0 Å². The zero-order chi connectivity index (χ0) is 14.7. The van der Waals surface area contributed by atoms with Crippen LogP contribution in [-0.2, 0) is 14.3 Å². The number of hydrogen-bond acceptors (Lipinski definition) is 4. The molecule has 3 rings (SSSR count). The predicted molar refractivity (Wildman–Crippen MR) is 76.9 cm³/mol. The van der Waals surface area contributed by atoms with Crippen molar-refractivity contribution in [3.63, 3.8) is 0 Å². The Bertz CT molecular complexity index is 478. The van der Waals surface area contributed by atoms with Gasteiger partial charge in [-0.3, -0.25) is 4.79 Å². The third-order valence-electron chi connectivity index (χ3n) is 4.28. The van der Waals surface area contributed by atoms with Gasteiger partial charge in [-0.1, -0.05) is 12.8 Å². The lowest BCUT2D eigenvalue weighted by atomic mass is 10.1. The van der Waals surface area contributed by atoms with Crippen molar-refractivity contribution in [3.8, 4) is 0 Å². The van der Waals surface area contributed by atoms with Crippen LogP contribution >= 0.6 is 0 Å². The first-order valence-corrected chi connectivity index (χ1v) is 7.79. The number of amides is 1. The van der Waals surface area contributed by atoms with E-state index < -0.39 is 0 Å². The first-order valence-electron chi connectivity index (χ1n) is 7.79. The summed E-state index contributed by atoms with van der Waals surface area (Å²) < 4.78 is 16.9. The van der Waals surface area contributed by atoms with Crippen molar-refractivity contribution in [1.29, 1.82) is 0 Å². The average molecular weight is 293 g/mol. The number of furan rings is 1. The monoisotopic (exact) mass is 293 g/mol. The van der Waals surface area contributed by atoms with E-state index in [-0.39, 0.29) is 24.7 Å². The van der Waals surface area contributed by atoms with Gasteiger partial charge in [-0.05, 0) is 31.9 Å². The molecule has 2 aliphatic rings. The van der Waals surface area contributed by atoms with E-state index in [2.05, 4.69) is 0 Å². The summed E-state index contributed by atoms with van der Waals surface area (Å²) in [6.45, 7) is 3.73. The molecule has 5 heteroatoms. The van der Waals surface area contributed by atoms with Crippen LogP contribution in [-0.4, -0.2) is 43.3 Å². The lowest BCUT2D eigenvalue weighted by Gasteiger charge is -2.34. The second kappa shape index (κ2) is 6.62. The van der Waals surface area contributed by atoms with Crippen LogP contribution in [0.25, 0.3) is 0 Å². The van der Waals surface area contributed by atoms with Crippen molar-refractivity contribution in [2.75, 3.05) is 26.4 Å². The summed E-state index contributed by atoms with van der Waals surface area (Å²) in [5.74, 6) is 1.68. The molecule has 1 amide bonds. The zero-order valence-electron chi connectivity index (χ0n) is 12.5. The Hall–Kier alpha value is -1.33. The van der Waals surface area contributed by atoms with Gasteiger partial charge in [-0.15, -0.1) is 0 Å². The van der Waals surface area contributed by atoms with Gasteiger partial charge >= 0.3 is 0 Å². The van der Waals surface area contributed by atoms with E-state index in [9.17, 15) is 4.79 Å². The fraction of sp³-hybridized carbons (Fsp3) is 0.688. The number of carbonyl (C=O) groups is 1. The summed E-state index contributed by atoms with van der Waals surface area (Å²) in [4.78, 5) is 14.3. The molecule has 0 spiro atoms. The zero-order valence-corrected chi connectivity index (χ0v) is 12.5. The van der Waals surface area contributed by atoms with Gasteiger partial charge in [-0.2, -0.15) is 0 Å². The summed E-state index contributed by atoms with van der Waals surface area (Å²) in [7, 11) is 0. The van der Waals surface area contributed by atoms with E-state index in [1.807, 2.05) is 24.0 Å². The largest absolute Gasteiger partial charge is 0.464 e. The summed E-state index contributed by atoms with van der Waals surface area (Å²) >= 11 is 0. The molecule has 0 unspecified atom stereocenters. The van der Waals surface area contributed by atoms with E-state index in [4.69, 9.17) is 13.9 Å². The fourth-order valence-corrected chi connectivity index (χ4v) is 3.10. The van der Waals surface area contributed by atoms with Crippen LogP contribution in [0.2, 0.25) is 0 Å². The number of rotatable bonds is 4. The lowest BCUT2D eigenvalue weighted by Crippen LogP contribution is -2.45. The Morgan fingerprint density at radius 2 is 2.19 bits per heavy atom. The third-order valence-corrected chi connectivity index (χ3v) is 4.28. The second-order valence-electron chi connectivity index (χ2n) is 5.84. The molecule has 2 heterocycles. The van der Waals surface area contributed by atoms with Crippen LogP contribution in [0.5, 0.6) is 0 Å².